The molecule has 0 bridgehead atoms. The maximum atomic E-state index is 5.69. The van der Waals surface area contributed by atoms with Crippen LogP contribution in [0, 0.1) is 0 Å². The zero-order valence-electron chi connectivity index (χ0n) is 8.44. The minimum absolute atomic E-state index is 0.514. The quantitative estimate of drug-likeness (QED) is 0.808. The second-order valence-electron chi connectivity index (χ2n) is 3.41. The molecule has 15 heavy (non-hydrogen) atoms. The molecule has 2 heterocycles. The van der Waals surface area contributed by atoms with Crippen molar-refractivity contribution in [2.45, 2.75) is 6.54 Å². The highest BCUT2D eigenvalue weighted by atomic mass is 35.5. The van der Waals surface area contributed by atoms with Crippen LogP contribution in [-0.4, -0.2) is 9.55 Å². The molecule has 0 amide bonds. The largest absolute Gasteiger partial charge is 0.380 e. The van der Waals surface area contributed by atoms with Gasteiger partial charge in [-0.05, 0) is 23.8 Å². The maximum Gasteiger partial charge on any atom is 0.129 e. The molecule has 0 unspecified atom stereocenters. The van der Waals surface area contributed by atoms with E-state index in [0.717, 1.165) is 12.2 Å². The third kappa shape index (κ3) is 2.73. The average Bonchev–Trinajstić information content (AvgIpc) is 2.64. The van der Waals surface area contributed by atoms with E-state index in [-0.39, 0.29) is 0 Å². The summed E-state index contributed by atoms with van der Waals surface area (Å²) in [5, 5.41) is 3.78. The van der Waals surface area contributed by atoms with E-state index in [4.69, 9.17) is 11.6 Å². The Bertz CT molecular complexity index is 433. The van der Waals surface area contributed by atoms with Crippen LogP contribution in [0.25, 0.3) is 0 Å². The van der Waals surface area contributed by atoms with E-state index in [0.29, 0.717) is 5.15 Å². The van der Waals surface area contributed by atoms with Crippen LogP contribution in [0.5, 0.6) is 0 Å². The summed E-state index contributed by atoms with van der Waals surface area (Å²) >= 11 is 5.69. The van der Waals surface area contributed by atoms with E-state index in [1.54, 1.807) is 12.3 Å². The first-order chi connectivity index (χ1) is 7.24. The molecule has 0 radical (unpaired) electrons. The van der Waals surface area contributed by atoms with Crippen LogP contribution in [0.1, 0.15) is 5.56 Å². The second-order valence-corrected chi connectivity index (χ2v) is 3.80. The number of rotatable bonds is 3. The monoisotopic (exact) mass is 221 g/mol. The number of aromatic nitrogens is 2. The molecule has 0 aliphatic heterocycles. The minimum Gasteiger partial charge on any atom is -0.380 e. The van der Waals surface area contributed by atoms with Gasteiger partial charge in [-0.15, -0.1) is 0 Å². The molecule has 2 aromatic rings. The fourth-order valence-electron chi connectivity index (χ4n) is 1.35. The van der Waals surface area contributed by atoms with Gasteiger partial charge in [-0.1, -0.05) is 11.6 Å². The normalized spacial score (nSPS) is 10.3. The molecule has 0 fully saturated rings. The zero-order chi connectivity index (χ0) is 10.7. The fraction of sp³-hybridized carbons (Fsp3) is 0.182. The van der Waals surface area contributed by atoms with Gasteiger partial charge in [0, 0.05) is 26.0 Å². The molecule has 0 spiro atoms. The summed E-state index contributed by atoms with van der Waals surface area (Å²) in [6.45, 7) is 0.796. The van der Waals surface area contributed by atoms with Crippen LogP contribution >= 0.6 is 11.6 Å². The highest BCUT2D eigenvalue weighted by Crippen LogP contribution is 2.11. The highest BCUT2D eigenvalue weighted by molar-refractivity contribution is 6.29. The fourth-order valence-corrected chi connectivity index (χ4v) is 1.46. The molecule has 0 aliphatic rings. The Balaban J connectivity index is 1.96. The van der Waals surface area contributed by atoms with E-state index in [9.17, 15) is 0 Å². The predicted molar refractivity (Wildman–Crippen MR) is 62.0 cm³/mol. The minimum atomic E-state index is 0.514. The van der Waals surface area contributed by atoms with Gasteiger partial charge in [-0.2, -0.15) is 0 Å². The lowest BCUT2D eigenvalue weighted by atomic mass is 10.3. The number of pyridine rings is 1. The van der Waals surface area contributed by atoms with Crippen molar-refractivity contribution >= 4 is 17.3 Å². The maximum absolute atomic E-state index is 5.69. The van der Waals surface area contributed by atoms with Gasteiger partial charge in [0.15, 0.2) is 0 Å². The van der Waals surface area contributed by atoms with Gasteiger partial charge in [0.2, 0.25) is 0 Å². The topological polar surface area (TPSA) is 29.9 Å². The Kier molecular flexibility index (Phi) is 2.92. The number of hydrogen-bond donors (Lipinski definition) is 1. The molecular weight excluding hydrogens is 210 g/mol. The van der Waals surface area contributed by atoms with Crippen molar-refractivity contribution in [3.63, 3.8) is 0 Å². The Morgan fingerprint density at radius 1 is 1.40 bits per heavy atom. The molecule has 0 aromatic carbocycles. The van der Waals surface area contributed by atoms with Crippen LogP contribution in [-0.2, 0) is 13.6 Å². The third-order valence-corrected chi connectivity index (χ3v) is 2.34. The van der Waals surface area contributed by atoms with E-state index in [2.05, 4.69) is 22.6 Å². The van der Waals surface area contributed by atoms with Crippen LogP contribution in [0.15, 0.2) is 36.8 Å². The first kappa shape index (κ1) is 10.1. The number of anilines is 1. The molecule has 0 saturated carbocycles. The first-order valence-corrected chi connectivity index (χ1v) is 5.08. The molecule has 2 rings (SSSR count). The molecule has 0 aliphatic carbocycles. The van der Waals surface area contributed by atoms with Crippen LogP contribution in [0.3, 0.4) is 0 Å². The lowest BCUT2D eigenvalue weighted by Crippen LogP contribution is -1.98. The van der Waals surface area contributed by atoms with Crippen molar-refractivity contribution in [3.8, 4) is 0 Å². The molecule has 0 saturated heterocycles. The van der Waals surface area contributed by atoms with Crippen LogP contribution in [0.2, 0.25) is 5.15 Å². The Morgan fingerprint density at radius 2 is 2.27 bits per heavy atom. The van der Waals surface area contributed by atoms with Crippen molar-refractivity contribution in [3.05, 3.63) is 47.5 Å². The summed E-state index contributed by atoms with van der Waals surface area (Å²) in [5.41, 5.74) is 2.22. The standard InChI is InChI=1S/C11H12ClN3/c1-15-5-4-9(8-15)6-13-10-2-3-11(12)14-7-10/h2-5,7-8,13H,6H2,1H3. The Hall–Kier alpha value is -1.48. The van der Waals surface area contributed by atoms with Gasteiger partial charge in [0.05, 0.1) is 11.9 Å². The van der Waals surface area contributed by atoms with Crippen LogP contribution < -0.4 is 5.32 Å². The summed E-state index contributed by atoms with van der Waals surface area (Å²) in [7, 11) is 2.01. The van der Waals surface area contributed by atoms with Crippen molar-refractivity contribution in [2.24, 2.45) is 7.05 Å². The molecule has 3 nitrogen and oxygen atoms in total. The van der Waals surface area contributed by atoms with Crippen LogP contribution in [0.4, 0.5) is 5.69 Å². The third-order valence-electron chi connectivity index (χ3n) is 2.12. The van der Waals surface area contributed by atoms with Gasteiger partial charge >= 0.3 is 0 Å². The number of halogens is 1. The average molecular weight is 222 g/mol. The number of hydrogen-bond acceptors (Lipinski definition) is 2. The molecule has 78 valence electrons. The van der Waals surface area contributed by atoms with Crippen molar-refractivity contribution in [1.29, 1.82) is 0 Å². The Morgan fingerprint density at radius 3 is 2.87 bits per heavy atom. The highest BCUT2D eigenvalue weighted by Gasteiger charge is 1.96. The smallest absolute Gasteiger partial charge is 0.129 e. The van der Waals surface area contributed by atoms with Crippen molar-refractivity contribution in [1.82, 2.24) is 9.55 Å². The number of nitrogens with one attached hydrogen (secondary N) is 1. The molecule has 0 atom stereocenters. The van der Waals surface area contributed by atoms with Crippen molar-refractivity contribution < 1.29 is 0 Å². The van der Waals surface area contributed by atoms with Gasteiger partial charge in [0.1, 0.15) is 5.15 Å². The first-order valence-electron chi connectivity index (χ1n) is 4.70. The molecule has 1 N–H and O–H groups in total. The lowest BCUT2D eigenvalue weighted by molar-refractivity contribution is 0.920. The summed E-state index contributed by atoms with van der Waals surface area (Å²) in [5.74, 6) is 0. The number of aryl methyl sites for hydroxylation is 1. The van der Waals surface area contributed by atoms with Gasteiger partial charge in [-0.3, -0.25) is 0 Å². The second kappa shape index (κ2) is 4.36. The SMILES string of the molecule is Cn1ccc(CNc2ccc(Cl)nc2)c1. The lowest BCUT2D eigenvalue weighted by Gasteiger charge is -2.03. The predicted octanol–water partition coefficient (Wildman–Crippen LogP) is 2.69. The van der Waals surface area contributed by atoms with Crippen molar-refractivity contribution in [2.75, 3.05) is 5.32 Å². The van der Waals surface area contributed by atoms with Gasteiger partial charge < -0.3 is 9.88 Å². The molecule has 4 heteroatoms. The zero-order valence-corrected chi connectivity index (χ0v) is 9.20. The Labute approximate surface area is 93.7 Å². The van der Waals surface area contributed by atoms with E-state index >= 15 is 0 Å². The molecule has 2 aromatic heterocycles. The van der Waals surface area contributed by atoms with Gasteiger partial charge in [-0.25, -0.2) is 4.98 Å². The van der Waals surface area contributed by atoms with E-state index < -0.39 is 0 Å². The van der Waals surface area contributed by atoms with E-state index in [1.807, 2.05) is 23.9 Å². The van der Waals surface area contributed by atoms with E-state index in [1.165, 1.54) is 5.56 Å². The summed E-state index contributed by atoms with van der Waals surface area (Å²) < 4.78 is 2.02. The summed E-state index contributed by atoms with van der Waals surface area (Å²) in [6, 6.07) is 5.77. The molecular formula is C11H12ClN3. The number of nitrogens with zero attached hydrogens (tertiary/aromatic N) is 2. The summed E-state index contributed by atoms with van der Waals surface area (Å²) in [4.78, 5) is 3.99. The van der Waals surface area contributed by atoms with Gasteiger partial charge in [0.25, 0.3) is 0 Å². The summed E-state index contributed by atoms with van der Waals surface area (Å²) in [6.07, 6.45) is 5.83.